The zero-order valence-electron chi connectivity index (χ0n) is 14.5. The molecule has 1 aromatic carbocycles. The van der Waals surface area contributed by atoms with Crippen LogP contribution in [0, 0.1) is 0 Å². The number of carbonyl (C=O) groups excluding carboxylic acids is 1. The molecule has 8 heteroatoms. The summed E-state index contributed by atoms with van der Waals surface area (Å²) >= 11 is 0. The fourth-order valence-electron chi connectivity index (χ4n) is 2.81. The van der Waals surface area contributed by atoms with E-state index in [1.54, 1.807) is 37.6 Å². The highest BCUT2D eigenvalue weighted by molar-refractivity contribution is 5.92. The number of methoxy groups -OCH3 is 1. The second-order valence-corrected chi connectivity index (χ2v) is 5.98. The number of anilines is 1. The zero-order valence-corrected chi connectivity index (χ0v) is 14.5. The molecule has 8 nitrogen and oxygen atoms in total. The molecule has 0 amide bonds. The second kappa shape index (κ2) is 6.46. The van der Waals surface area contributed by atoms with E-state index in [1.165, 1.54) is 19.5 Å². The van der Waals surface area contributed by atoms with Gasteiger partial charge in [0.2, 0.25) is 5.95 Å². The first kappa shape index (κ1) is 16.8. The number of phenolic OH excluding ortho intramolecular Hbond substituents is 1. The smallest absolute Gasteiger partial charge is 0.338 e. The van der Waals surface area contributed by atoms with Crippen LogP contribution in [-0.2, 0) is 9.53 Å². The molecule has 2 aromatic rings. The van der Waals surface area contributed by atoms with Crippen molar-refractivity contribution in [3.8, 4) is 11.5 Å². The molecule has 0 aliphatic carbocycles. The molecule has 3 rings (SSSR count). The van der Waals surface area contributed by atoms with Crippen molar-refractivity contribution in [2.24, 2.45) is 0 Å². The van der Waals surface area contributed by atoms with Gasteiger partial charge in [-0.3, -0.25) is 0 Å². The average molecular weight is 344 g/mol. The number of aromatic hydroxyl groups is 1. The fraction of sp³-hybridized carbons (Fsp3) is 0.353. The van der Waals surface area contributed by atoms with Crippen molar-refractivity contribution in [3.05, 3.63) is 41.4 Å². The van der Waals surface area contributed by atoms with Gasteiger partial charge in [-0.05, 0) is 38.5 Å². The summed E-state index contributed by atoms with van der Waals surface area (Å²) in [6, 6.07) is 4.37. The maximum absolute atomic E-state index is 12.7. The van der Waals surface area contributed by atoms with E-state index in [2.05, 4.69) is 15.4 Å². The van der Waals surface area contributed by atoms with Gasteiger partial charge in [0.15, 0.2) is 11.5 Å². The van der Waals surface area contributed by atoms with Gasteiger partial charge in [-0.2, -0.15) is 10.1 Å². The number of aromatic nitrogens is 3. The normalized spacial score (nSPS) is 16.4. The number of nitrogens with one attached hydrogen (secondary N) is 1. The largest absolute Gasteiger partial charge is 0.504 e. The summed E-state index contributed by atoms with van der Waals surface area (Å²) in [6.45, 7) is 5.38. The molecule has 25 heavy (non-hydrogen) atoms. The van der Waals surface area contributed by atoms with Crippen LogP contribution in [0.4, 0.5) is 5.95 Å². The third-order valence-corrected chi connectivity index (χ3v) is 3.88. The second-order valence-electron chi connectivity index (χ2n) is 5.98. The lowest BCUT2D eigenvalue weighted by Gasteiger charge is -2.28. The summed E-state index contributed by atoms with van der Waals surface area (Å²) in [4.78, 5) is 16.9. The minimum atomic E-state index is -0.542. The van der Waals surface area contributed by atoms with Gasteiger partial charge in [-0.25, -0.2) is 9.48 Å². The third kappa shape index (κ3) is 3.02. The van der Waals surface area contributed by atoms with Crippen LogP contribution >= 0.6 is 0 Å². The highest BCUT2D eigenvalue weighted by Gasteiger charge is 2.35. The van der Waals surface area contributed by atoms with Crippen LogP contribution in [0.1, 0.15) is 32.4 Å². The Kier molecular flexibility index (Phi) is 4.35. The predicted molar refractivity (Wildman–Crippen MR) is 90.4 cm³/mol. The van der Waals surface area contributed by atoms with Crippen LogP contribution < -0.4 is 10.1 Å². The SMILES string of the molecule is COc1cc(C2C(C(=O)OC(C)C)=C(C)Nc3ncnn32)ccc1O. The van der Waals surface area contributed by atoms with E-state index >= 15 is 0 Å². The van der Waals surface area contributed by atoms with Crippen molar-refractivity contribution in [1.29, 1.82) is 0 Å². The number of hydrogen-bond acceptors (Lipinski definition) is 7. The molecule has 1 unspecified atom stereocenters. The number of allylic oxidation sites excluding steroid dienone is 1. The Bertz CT molecular complexity index is 841. The first-order valence-corrected chi connectivity index (χ1v) is 7.87. The fourth-order valence-corrected chi connectivity index (χ4v) is 2.81. The molecule has 132 valence electrons. The Balaban J connectivity index is 2.14. The molecule has 1 aromatic heterocycles. The van der Waals surface area contributed by atoms with Gasteiger partial charge in [0, 0.05) is 5.70 Å². The average Bonchev–Trinajstić information content (AvgIpc) is 3.01. The molecule has 0 spiro atoms. The Labute approximate surface area is 145 Å². The molecule has 1 aliphatic rings. The predicted octanol–water partition coefficient (Wildman–Crippen LogP) is 2.23. The number of benzene rings is 1. The number of carbonyl (C=O) groups is 1. The van der Waals surface area contributed by atoms with Crippen molar-refractivity contribution in [2.75, 3.05) is 12.4 Å². The Morgan fingerprint density at radius 2 is 2.16 bits per heavy atom. The van der Waals surface area contributed by atoms with Gasteiger partial charge in [-0.1, -0.05) is 6.07 Å². The monoisotopic (exact) mass is 344 g/mol. The molecule has 0 saturated carbocycles. The molecule has 0 radical (unpaired) electrons. The van der Waals surface area contributed by atoms with E-state index in [9.17, 15) is 9.90 Å². The standard InChI is InChI=1S/C17H20N4O4/c1-9(2)25-16(23)14-10(3)20-17-18-8-19-21(17)15(14)11-5-6-12(22)13(7-11)24-4/h5-9,15,22H,1-4H3,(H,18,19,20). The lowest BCUT2D eigenvalue weighted by Crippen LogP contribution is -2.30. The lowest BCUT2D eigenvalue weighted by atomic mass is 9.95. The van der Waals surface area contributed by atoms with E-state index < -0.39 is 12.0 Å². The zero-order chi connectivity index (χ0) is 18.1. The molecular formula is C17H20N4O4. The van der Waals surface area contributed by atoms with Crippen LogP contribution in [0.3, 0.4) is 0 Å². The van der Waals surface area contributed by atoms with Crippen molar-refractivity contribution in [3.63, 3.8) is 0 Å². The van der Waals surface area contributed by atoms with Crippen LogP contribution in [0.15, 0.2) is 35.8 Å². The van der Waals surface area contributed by atoms with Crippen molar-refractivity contribution < 1.29 is 19.4 Å². The number of nitrogens with zero attached hydrogens (tertiary/aromatic N) is 3. The number of phenols is 1. The highest BCUT2D eigenvalue weighted by Crippen LogP contribution is 2.38. The lowest BCUT2D eigenvalue weighted by molar-refractivity contribution is -0.143. The maximum Gasteiger partial charge on any atom is 0.338 e. The molecule has 0 saturated heterocycles. The molecular weight excluding hydrogens is 324 g/mol. The van der Waals surface area contributed by atoms with Crippen LogP contribution in [-0.4, -0.2) is 39.1 Å². The number of ether oxygens (including phenoxy) is 2. The number of rotatable bonds is 4. The minimum absolute atomic E-state index is 0.0195. The van der Waals surface area contributed by atoms with Gasteiger partial charge in [0.25, 0.3) is 0 Å². The number of hydrogen-bond donors (Lipinski definition) is 2. The van der Waals surface area contributed by atoms with E-state index in [1.807, 2.05) is 0 Å². The van der Waals surface area contributed by atoms with Crippen molar-refractivity contribution in [1.82, 2.24) is 14.8 Å². The van der Waals surface area contributed by atoms with Crippen molar-refractivity contribution >= 4 is 11.9 Å². The molecule has 1 atom stereocenters. The summed E-state index contributed by atoms with van der Waals surface area (Å²) in [5, 5.41) is 17.2. The molecule has 1 aliphatic heterocycles. The van der Waals surface area contributed by atoms with E-state index in [-0.39, 0.29) is 11.9 Å². The first-order chi connectivity index (χ1) is 11.9. The summed E-state index contributed by atoms with van der Waals surface area (Å²) < 4.78 is 12.2. The molecule has 0 fully saturated rings. The third-order valence-electron chi connectivity index (χ3n) is 3.88. The Morgan fingerprint density at radius 1 is 1.40 bits per heavy atom. The minimum Gasteiger partial charge on any atom is -0.504 e. The van der Waals surface area contributed by atoms with Gasteiger partial charge in [0.05, 0.1) is 18.8 Å². The van der Waals surface area contributed by atoms with Gasteiger partial charge >= 0.3 is 5.97 Å². The number of esters is 1. The van der Waals surface area contributed by atoms with Crippen LogP contribution in [0.5, 0.6) is 11.5 Å². The molecule has 2 N–H and O–H groups in total. The number of fused-ring (bicyclic) bond motifs is 1. The van der Waals surface area contributed by atoms with E-state index in [0.717, 1.165) is 5.56 Å². The summed E-state index contributed by atoms with van der Waals surface area (Å²) in [5.74, 6) is 0.423. The van der Waals surface area contributed by atoms with E-state index in [0.29, 0.717) is 23.0 Å². The van der Waals surface area contributed by atoms with Crippen LogP contribution in [0.2, 0.25) is 0 Å². The Hall–Kier alpha value is -3.03. The first-order valence-electron chi connectivity index (χ1n) is 7.87. The summed E-state index contributed by atoms with van der Waals surface area (Å²) in [7, 11) is 1.47. The molecule has 2 heterocycles. The van der Waals surface area contributed by atoms with Gasteiger partial charge in [-0.15, -0.1) is 0 Å². The summed E-state index contributed by atoms with van der Waals surface area (Å²) in [5.41, 5.74) is 1.79. The van der Waals surface area contributed by atoms with Crippen molar-refractivity contribution in [2.45, 2.75) is 32.9 Å². The van der Waals surface area contributed by atoms with Crippen LogP contribution in [0.25, 0.3) is 0 Å². The van der Waals surface area contributed by atoms with Gasteiger partial charge < -0.3 is 19.9 Å². The van der Waals surface area contributed by atoms with Gasteiger partial charge in [0.1, 0.15) is 12.4 Å². The topological polar surface area (TPSA) is 98.5 Å². The quantitative estimate of drug-likeness (QED) is 0.821. The maximum atomic E-state index is 12.7. The highest BCUT2D eigenvalue weighted by atomic mass is 16.5. The Morgan fingerprint density at radius 3 is 2.84 bits per heavy atom. The molecule has 0 bridgehead atoms. The van der Waals surface area contributed by atoms with E-state index in [4.69, 9.17) is 9.47 Å². The summed E-state index contributed by atoms with van der Waals surface area (Å²) in [6.07, 6.45) is 1.16.